The second-order valence-corrected chi connectivity index (χ2v) is 12.1. The summed E-state index contributed by atoms with van der Waals surface area (Å²) in [6.45, 7) is 0. The molecular weight excluding hydrogens is 585 g/mol. The Morgan fingerprint density at radius 3 is 1.48 bits per heavy atom. The summed E-state index contributed by atoms with van der Waals surface area (Å²) in [5.74, 6) is 0.640. The van der Waals surface area contributed by atoms with Crippen LogP contribution < -0.4 is 5.32 Å². The van der Waals surface area contributed by atoms with Gasteiger partial charge in [-0.1, -0.05) is 127 Å². The summed E-state index contributed by atoms with van der Waals surface area (Å²) in [5, 5.41) is 8.17. The van der Waals surface area contributed by atoms with Crippen molar-refractivity contribution >= 4 is 44.0 Å². The second kappa shape index (κ2) is 11.7. The third-order valence-corrected chi connectivity index (χ3v) is 9.10. The minimum Gasteiger partial charge on any atom is -0.436 e. The van der Waals surface area contributed by atoms with E-state index in [4.69, 9.17) is 9.40 Å². The Balaban J connectivity index is 0.971. The van der Waals surface area contributed by atoms with Crippen molar-refractivity contribution in [2.24, 2.45) is 0 Å². The largest absolute Gasteiger partial charge is 0.436 e. The topological polar surface area (TPSA) is 38.1 Å². The fourth-order valence-corrected chi connectivity index (χ4v) is 6.56. The average molecular weight is 615 g/mol. The van der Waals surface area contributed by atoms with E-state index in [2.05, 4.69) is 139 Å². The fourth-order valence-electron chi connectivity index (χ4n) is 6.56. The van der Waals surface area contributed by atoms with Gasteiger partial charge in [0.1, 0.15) is 5.52 Å². The zero-order valence-electron chi connectivity index (χ0n) is 26.1. The van der Waals surface area contributed by atoms with Crippen LogP contribution in [0, 0.1) is 0 Å². The molecule has 0 spiro atoms. The lowest BCUT2D eigenvalue weighted by atomic mass is 9.96. The second-order valence-electron chi connectivity index (χ2n) is 12.1. The van der Waals surface area contributed by atoms with Crippen LogP contribution in [0.2, 0.25) is 0 Å². The third-order valence-electron chi connectivity index (χ3n) is 9.10. The van der Waals surface area contributed by atoms with Gasteiger partial charge in [-0.2, -0.15) is 0 Å². The minimum absolute atomic E-state index is 0.640. The molecule has 0 aliphatic carbocycles. The molecule has 3 heteroatoms. The number of hydrogen-bond donors (Lipinski definition) is 1. The molecule has 0 bridgehead atoms. The maximum Gasteiger partial charge on any atom is 0.227 e. The zero-order chi connectivity index (χ0) is 31.9. The number of nitrogens with one attached hydrogen (secondary N) is 1. The first-order valence-corrected chi connectivity index (χ1v) is 16.2. The predicted octanol–water partition coefficient (Wildman–Crippen LogP) is 12.5. The van der Waals surface area contributed by atoms with Gasteiger partial charge in [-0.25, -0.2) is 4.98 Å². The van der Waals surface area contributed by atoms with E-state index in [0.29, 0.717) is 5.89 Å². The van der Waals surface area contributed by atoms with Crippen LogP contribution in [0.4, 0.5) is 11.4 Å². The van der Waals surface area contributed by atoms with Crippen molar-refractivity contribution in [2.75, 3.05) is 5.32 Å². The van der Waals surface area contributed by atoms with Crippen molar-refractivity contribution in [2.45, 2.75) is 0 Å². The molecule has 1 heterocycles. The molecule has 226 valence electrons. The molecule has 9 aromatic rings. The Bertz CT molecular complexity index is 2530. The zero-order valence-corrected chi connectivity index (χ0v) is 26.1. The Kier molecular flexibility index (Phi) is 6.80. The van der Waals surface area contributed by atoms with Crippen molar-refractivity contribution in [1.29, 1.82) is 0 Å². The average Bonchev–Trinajstić information content (AvgIpc) is 3.61. The van der Waals surface area contributed by atoms with E-state index in [0.717, 1.165) is 49.9 Å². The highest BCUT2D eigenvalue weighted by molar-refractivity contribution is 6.19. The molecule has 9 rings (SSSR count). The molecule has 0 aliphatic rings. The van der Waals surface area contributed by atoms with Gasteiger partial charge in [0.25, 0.3) is 0 Å². The van der Waals surface area contributed by atoms with Gasteiger partial charge in [0.05, 0.1) is 0 Å². The van der Waals surface area contributed by atoms with Crippen molar-refractivity contribution in [1.82, 2.24) is 4.98 Å². The quantitative estimate of drug-likeness (QED) is 0.189. The molecule has 48 heavy (non-hydrogen) atoms. The van der Waals surface area contributed by atoms with E-state index >= 15 is 0 Å². The monoisotopic (exact) mass is 614 g/mol. The van der Waals surface area contributed by atoms with Gasteiger partial charge < -0.3 is 9.73 Å². The van der Waals surface area contributed by atoms with Crippen molar-refractivity contribution in [3.8, 4) is 44.8 Å². The molecule has 0 amide bonds. The van der Waals surface area contributed by atoms with E-state index in [1.54, 1.807) is 0 Å². The molecule has 8 aromatic carbocycles. The van der Waals surface area contributed by atoms with E-state index in [1.807, 2.05) is 42.5 Å². The Morgan fingerprint density at radius 1 is 0.396 bits per heavy atom. The maximum absolute atomic E-state index is 6.22. The molecule has 0 saturated carbocycles. The number of nitrogens with zero attached hydrogens (tertiary/aromatic N) is 1. The predicted molar refractivity (Wildman–Crippen MR) is 200 cm³/mol. The van der Waals surface area contributed by atoms with E-state index in [1.165, 1.54) is 33.0 Å². The first-order valence-electron chi connectivity index (χ1n) is 16.2. The molecule has 3 nitrogen and oxygen atoms in total. The third kappa shape index (κ3) is 5.18. The van der Waals surface area contributed by atoms with Gasteiger partial charge in [0.2, 0.25) is 5.89 Å². The summed E-state index contributed by atoms with van der Waals surface area (Å²) in [5.41, 5.74) is 11.9. The summed E-state index contributed by atoms with van der Waals surface area (Å²) in [6.07, 6.45) is 0. The molecular formula is C45H30N2O. The Labute approximate surface area is 278 Å². The Morgan fingerprint density at radius 2 is 0.854 bits per heavy atom. The number of rotatable bonds is 6. The van der Waals surface area contributed by atoms with Crippen LogP contribution in [-0.4, -0.2) is 4.98 Å². The van der Waals surface area contributed by atoms with Gasteiger partial charge in [0, 0.05) is 22.3 Å². The summed E-state index contributed by atoms with van der Waals surface area (Å²) < 4.78 is 6.22. The van der Waals surface area contributed by atoms with Crippen molar-refractivity contribution < 1.29 is 4.42 Å². The molecule has 0 aliphatic heterocycles. The van der Waals surface area contributed by atoms with Crippen molar-refractivity contribution in [3.05, 3.63) is 176 Å². The van der Waals surface area contributed by atoms with Crippen LogP contribution in [-0.2, 0) is 0 Å². The lowest BCUT2D eigenvalue weighted by molar-refractivity contribution is 0.620. The normalized spacial score (nSPS) is 11.3. The standard InChI is InChI=1S/C45H30N2O/c1-3-7-30(8-4-1)31-11-13-32(14-12-31)33-19-24-39(25-20-33)46-40-26-21-34(22-27-40)38-18-16-35-15-17-36-23-28-42-44(43(36)41(35)29-38)47-45(48-42)37-9-5-2-6-10-37/h1-29,46H. The molecule has 0 atom stereocenters. The number of anilines is 2. The first kappa shape index (κ1) is 27.8. The van der Waals surface area contributed by atoms with Crippen molar-refractivity contribution in [3.63, 3.8) is 0 Å². The fraction of sp³-hybridized carbons (Fsp3) is 0. The molecule has 0 radical (unpaired) electrons. The highest BCUT2D eigenvalue weighted by Gasteiger charge is 2.14. The van der Waals surface area contributed by atoms with Crippen LogP contribution >= 0.6 is 0 Å². The number of oxazole rings is 1. The number of aromatic nitrogens is 1. The van der Waals surface area contributed by atoms with Crippen LogP contribution in [0.5, 0.6) is 0 Å². The Hall–Kier alpha value is -6.45. The number of benzene rings is 8. The molecule has 0 unspecified atom stereocenters. The van der Waals surface area contributed by atoms with Gasteiger partial charge in [-0.3, -0.25) is 0 Å². The SMILES string of the molecule is c1ccc(-c2ccc(-c3ccc(Nc4ccc(-c5ccc6ccc7ccc8oc(-c9ccccc9)nc8c7c6c5)cc4)cc3)cc2)cc1. The van der Waals surface area contributed by atoms with Crippen LogP contribution in [0.1, 0.15) is 0 Å². The molecule has 0 saturated heterocycles. The number of fused-ring (bicyclic) bond motifs is 5. The van der Waals surface area contributed by atoms with Gasteiger partial charge in [-0.15, -0.1) is 0 Å². The van der Waals surface area contributed by atoms with Crippen LogP contribution in [0.25, 0.3) is 77.5 Å². The van der Waals surface area contributed by atoms with Gasteiger partial charge >= 0.3 is 0 Å². The summed E-state index contributed by atoms with van der Waals surface area (Å²) in [6, 6.07) is 61.7. The highest BCUT2D eigenvalue weighted by atomic mass is 16.3. The van der Waals surface area contributed by atoms with Crippen LogP contribution in [0.15, 0.2) is 180 Å². The lowest BCUT2D eigenvalue weighted by Gasteiger charge is -2.11. The summed E-state index contributed by atoms with van der Waals surface area (Å²) in [7, 11) is 0. The van der Waals surface area contributed by atoms with Crippen LogP contribution in [0.3, 0.4) is 0 Å². The van der Waals surface area contributed by atoms with E-state index in [9.17, 15) is 0 Å². The smallest absolute Gasteiger partial charge is 0.227 e. The van der Waals surface area contributed by atoms with E-state index < -0.39 is 0 Å². The lowest BCUT2D eigenvalue weighted by Crippen LogP contribution is -1.90. The van der Waals surface area contributed by atoms with Gasteiger partial charge in [-0.05, 0) is 98.1 Å². The molecule has 0 fully saturated rings. The molecule has 1 N–H and O–H groups in total. The van der Waals surface area contributed by atoms with Gasteiger partial charge in [0.15, 0.2) is 5.58 Å². The maximum atomic E-state index is 6.22. The molecule has 1 aromatic heterocycles. The summed E-state index contributed by atoms with van der Waals surface area (Å²) >= 11 is 0. The number of hydrogen-bond acceptors (Lipinski definition) is 3. The minimum atomic E-state index is 0.640. The van der Waals surface area contributed by atoms with E-state index in [-0.39, 0.29) is 0 Å². The highest BCUT2D eigenvalue weighted by Crippen LogP contribution is 2.36. The summed E-state index contributed by atoms with van der Waals surface area (Å²) in [4.78, 5) is 4.98. The first-order chi connectivity index (χ1) is 23.7.